The second kappa shape index (κ2) is 5.75. The fraction of sp³-hybridized carbons (Fsp3) is 0.154. The van der Waals surface area contributed by atoms with Gasteiger partial charge in [0.2, 0.25) is 5.88 Å². The molecule has 0 spiro atoms. The Morgan fingerprint density at radius 2 is 2.20 bits per heavy atom. The molecule has 2 rings (SSSR count). The monoisotopic (exact) mass is 271 g/mol. The maximum absolute atomic E-state index is 11.1. The molecule has 0 atom stereocenters. The molecule has 102 valence electrons. The van der Waals surface area contributed by atoms with Crippen LogP contribution in [0.15, 0.2) is 30.3 Å². The lowest BCUT2D eigenvalue weighted by atomic mass is 10.3. The number of primary amides is 1. The maximum atomic E-state index is 11.1. The van der Waals surface area contributed by atoms with E-state index in [1.54, 1.807) is 6.92 Å². The topological polar surface area (TPSA) is 106 Å². The molecule has 0 saturated carbocycles. The Hall–Kier alpha value is -3.01. The van der Waals surface area contributed by atoms with Crippen molar-refractivity contribution in [1.82, 2.24) is 9.78 Å². The van der Waals surface area contributed by atoms with Gasteiger partial charge in [-0.25, -0.2) is 9.48 Å². The van der Waals surface area contributed by atoms with E-state index >= 15 is 0 Å². The van der Waals surface area contributed by atoms with E-state index in [1.807, 2.05) is 36.4 Å². The number of hydrogen-bond donors (Lipinski definition) is 2. The van der Waals surface area contributed by atoms with E-state index in [0.29, 0.717) is 11.4 Å². The second-order valence-electron chi connectivity index (χ2n) is 3.96. The first-order valence-electron chi connectivity index (χ1n) is 5.84. The summed E-state index contributed by atoms with van der Waals surface area (Å²) in [5, 5.41) is 15.3. The highest BCUT2D eigenvalue weighted by Crippen LogP contribution is 2.27. The number of nitrogens with one attached hydrogen (secondary N) is 1. The Balaban J connectivity index is 2.49. The van der Waals surface area contributed by atoms with Crippen molar-refractivity contribution in [3.63, 3.8) is 0 Å². The average molecular weight is 271 g/mol. The van der Waals surface area contributed by atoms with Crippen LogP contribution in [0, 0.1) is 18.3 Å². The van der Waals surface area contributed by atoms with Crippen LogP contribution in [0.4, 0.5) is 10.6 Å². The van der Waals surface area contributed by atoms with Crippen LogP contribution in [0.5, 0.6) is 5.88 Å². The summed E-state index contributed by atoms with van der Waals surface area (Å²) in [7, 11) is 0. The molecule has 0 unspecified atom stereocenters. The Kier molecular flexibility index (Phi) is 3.86. The quantitative estimate of drug-likeness (QED) is 0.880. The molecule has 1 aromatic heterocycles. The first-order valence-corrected chi connectivity index (χ1v) is 5.84. The van der Waals surface area contributed by atoms with Crippen molar-refractivity contribution in [2.24, 2.45) is 5.73 Å². The molecule has 1 aromatic carbocycles. The van der Waals surface area contributed by atoms with Crippen LogP contribution in [0.1, 0.15) is 5.56 Å². The van der Waals surface area contributed by atoms with Gasteiger partial charge in [0.15, 0.2) is 6.61 Å². The molecule has 3 N–H and O–H groups in total. The lowest BCUT2D eigenvalue weighted by Gasteiger charge is -2.07. The van der Waals surface area contributed by atoms with Crippen molar-refractivity contribution in [2.45, 2.75) is 6.92 Å². The van der Waals surface area contributed by atoms with Crippen molar-refractivity contribution in [3.05, 3.63) is 35.9 Å². The highest BCUT2D eigenvalue weighted by Gasteiger charge is 2.17. The predicted molar refractivity (Wildman–Crippen MR) is 72.6 cm³/mol. The van der Waals surface area contributed by atoms with Crippen molar-refractivity contribution in [1.29, 1.82) is 5.26 Å². The van der Waals surface area contributed by atoms with E-state index in [0.717, 1.165) is 5.69 Å². The van der Waals surface area contributed by atoms with Crippen molar-refractivity contribution < 1.29 is 9.53 Å². The Morgan fingerprint density at radius 3 is 2.80 bits per heavy atom. The number of rotatable bonds is 4. The highest BCUT2D eigenvalue weighted by molar-refractivity contribution is 5.88. The molecule has 2 aromatic rings. The van der Waals surface area contributed by atoms with Crippen LogP contribution in [-0.4, -0.2) is 22.4 Å². The maximum Gasteiger partial charge on any atom is 0.317 e. The summed E-state index contributed by atoms with van der Waals surface area (Å²) < 4.78 is 6.73. The lowest BCUT2D eigenvalue weighted by molar-refractivity contribution is 0.259. The number of amides is 2. The molecule has 0 aliphatic rings. The molecule has 20 heavy (non-hydrogen) atoms. The molecule has 0 aliphatic carbocycles. The van der Waals surface area contributed by atoms with E-state index in [9.17, 15) is 4.79 Å². The molecule has 7 heteroatoms. The number of carbonyl (C=O) groups is 1. The lowest BCUT2D eigenvalue weighted by Crippen LogP contribution is -2.21. The molecule has 2 amide bonds. The third-order valence-corrected chi connectivity index (χ3v) is 2.59. The van der Waals surface area contributed by atoms with Gasteiger partial charge in [0, 0.05) is 0 Å². The van der Waals surface area contributed by atoms with Crippen LogP contribution < -0.4 is 15.8 Å². The molecular weight excluding hydrogens is 258 g/mol. The molecule has 0 radical (unpaired) electrons. The molecule has 1 heterocycles. The van der Waals surface area contributed by atoms with Crippen LogP contribution in [0.3, 0.4) is 0 Å². The number of urea groups is 1. The Morgan fingerprint density at radius 1 is 1.50 bits per heavy atom. The van der Waals surface area contributed by atoms with Gasteiger partial charge >= 0.3 is 6.03 Å². The number of nitrogens with zero attached hydrogens (tertiary/aromatic N) is 3. The van der Waals surface area contributed by atoms with Gasteiger partial charge in [0.05, 0.1) is 11.3 Å². The van der Waals surface area contributed by atoms with Crippen molar-refractivity contribution >= 4 is 11.8 Å². The number of nitriles is 1. The van der Waals surface area contributed by atoms with Gasteiger partial charge in [0.25, 0.3) is 0 Å². The highest BCUT2D eigenvalue weighted by atomic mass is 16.5. The number of aromatic nitrogens is 2. The largest absolute Gasteiger partial charge is 0.461 e. The fourth-order valence-electron chi connectivity index (χ4n) is 1.73. The SMILES string of the molecule is Cc1c(OCC#N)nn(-c2ccccc2)c1NC(N)=O. The van der Waals surface area contributed by atoms with Gasteiger partial charge in [0.1, 0.15) is 11.9 Å². The van der Waals surface area contributed by atoms with E-state index in [4.69, 9.17) is 15.7 Å². The third kappa shape index (κ3) is 2.70. The zero-order valence-electron chi connectivity index (χ0n) is 10.8. The summed E-state index contributed by atoms with van der Waals surface area (Å²) in [4.78, 5) is 11.1. The number of anilines is 1. The molecule has 0 bridgehead atoms. The second-order valence-corrected chi connectivity index (χ2v) is 3.96. The number of carbonyl (C=O) groups excluding carboxylic acids is 1. The van der Waals surface area contributed by atoms with Crippen molar-refractivity contribution in [2.75, 3.05) is 11.9 Å². The minimum Gasteiger partial charge on any atom is -0.461 e. The Bertz CT molecular complexity index is 657. The third-order valence-electron chi connectivity index (χ3n) is 2.59. The van der Waals surface area contributed by atoms with E-state index in [-0.39, 0.29) is 12.5 Å². The summed E-state index contributed by atoms with van der Waals surface area (Å²) >= 11 is 0. The standard InChI is InChI=1S/C13H13N5O2/c1-9-11(16-13(15)19)18(10-5-3-2-4-6-10)17-12(9)20-8-7-14/h2-6H,8H2,1H3,(H3,15,16,19). The van der Waals surface area contributed by atoms with Gasteiger partial charge in [-0.15, -0.1) is 5.10 Å². The Labute approximate surface area is 115 Å². The number of benzene rings is 1. The number of hydrogen-bond acceptors (Lipinski definition) is 4. The summed E-state index contributed by atoms with van der Waals surface area (Å²) in [6, 6.07) is 10.4. The van der Waals surface area contributed by atoms with Gasteiger partial charge < -0.3 is 10.5 Å². The van der Waals surface area contributed by atoms with Crippen molar-refractivity contribution in [3.8, 4) is 17.6 Å². The fourth-order valence-corrected chi connectivity index (χ4v) is 1.73. The summed E-state index contributed by atoms with van der Waals surface area (Å²) in [5.41, 5.74) is 6.51. The first kappa shape index (κ1) is 13.4. The number of nitrogens with two attached hydrogens (primary N) is 1. The van der Waals surface area contributed by atoms with Gasteiger partial charge in [-0.2, -0.15) is 5.26 Å². The molecule has 0 saturated heterocycles. The normalized spacial score (nSPS) is 9.80. The molecule has 7 nitrogen and oxygen atoms in total. The van der Waals surface area contributed by atoms with Crippen LogP contribution >= 0.6 is 0 Å². The van der Waals surface area contributed by atoms with Gasteiger partial charge in [-0.05, 0) is 19.1 Å². The van der Waals surface area contributed by atoms with Gasteiger partial charge in [-0.1, -0.05) is 18.2 Å². The summed E-state index contributed by atoms with van der Waals surface area (Å²) in [6.07, 6.45) is 0. The van der Waals surface area contributed by atoms with E-state index < -0.39 is 6.03 Å². The van der Waals surface area contributed by atoms with Crippen LogP contribution in [0.25, 0.3) is 5.69 Å². The minimum atomic E-state index is -0.697. The zero-order valence-corrected chi connectivity index (χ0v) is 10.8. The molecule has 0 aliphatic heterocycles. The number of para-hydroxylation sites is 1. The molecular formula is C13H13N5O2. The first-order chi connectivity index (χ1) is 9.63. The smallest absolute Gasteiger partial charge is 0.317 e. The van der Waals surface area contributed by atoms with E-state index in [2.05, 4.69) is 10.4 Å². The zero-order chi connectivity index (χ0) is 14.5. The number of ether oxygens (including phenoxy) is 1. The summed E-state index contributed by atoms with van der Waals surface area (Å²) in [6.45, 7) is 1.60. The van der Waals surface area contributed by atoms with Gasteiger partial charge in [-0.3, -0.25) is 5.32 Å². The average Bonchev–Trinajstić information content (AvgIpc) is 2.74. The van der Waals surface area contributed by atoms with Crippen LogP contribution in [-0.2, 0) is 0 Å². The van der Waals surface area contributed by atoms with Crippen LogP contribution in [0.2, 0.25) is 0 Å². The summed E-state index contributed by atoms with van der Waals surface area (Å²) in [5.74, 6) is 0.691. The molecule has 0 fully saturated rings. The predicted octanol–water partition coefficient (Wildman–Crippen LogP) is 1.57. The minimum absolute atomic E-state index is 0.122. The van der Waals surface area contributed by atoms with E-state index in [1.165, 1.54) is 4.68 Å².